The van der Waals surface area contributed by atoms with E-state index in [1.54, 1.807) is 24.5 Å². The van der Waals surface area contributed by atoms with Crippen LogP contribution in [0.4, 0.5) is 10.1 Å². The molecule has 0 saturated carbocycles. The van der Waals surface area contributed by atoms with Crippen molar-refractivity contribution in [3.63, 3.8) is 0 Å². The van der Waals surface area contributed by atoms with Crippen molar-refractivity contribution in [3.05, 3.63) is 59.7 Å². The average Bonchev–Trinajstić information content (AvgIpc) is 2.46. The maximum atomic E-state index is 13.8. The number of hydrogen-bond donors (Lipinski definition) is 1. The Bertz CT molecular complexity index is 528. The predicted octanol–water partition coefficient (Wildman–Crippen LogP) is 2.71. The fraction of sp³-hybridized carbons (Fsp3) is 0.267. The molecule has 0 spiro atoms. The van der Waals surface area contributed by atoms with Crippen LogP contribution >= 0.6 is 0 Å². The molecule has 2 rings (SSSR count). The summed E-state index contributed by atoms with van der Waals surface area (Å²) in [5.74, 6) is -0.242. The molecular weight excluding hydrogens is 241 g/mol. The zero-order chi connectivity index (χ0) is 13.7. The molecule has 0 radical (unpaired) electrons. The van der Waals surface area contributed by atoms with E-state index in [1.807, 2.05) is 18.2 Å². The summed E-state index contributed by atoms with van der Waals surface area (Å²) in [7, 11) is 0. The highest BCUT2D eigenvalue weighted by molar-refractivity contribution is 5.48. The van der Waals surface area contributed by atoms with Crippen molar-refractivity contribution >= 4 is 5.69 Å². The minimum absolute atomic E-state index is 0.225. The fourth-order valence-electron chi connectivity index (χ4n) is 1.99. The van der Waals surface area contributed by atoms with Crippen LogP contribution in [-0.2, 0) is 13.1 Å². The highest BCUT2D eigenvalue weighted by Gasteiger charge is 2.08. The van der Waals surface area contributed by atoms with E-state index in [0.717, 1.165) is 24.3 Å². The number of aromatic nitrogens is 1. The van der Waals surface area contributed by atoms with Crippen molar-refractivity contribution in [1.29, 1.82) is 0 Å². The quantitative estimate of drug-likeness (QED) is 0.897. The largest absolute Gasteiger partial charge is 0.367 e. The first-order valence-corrected chi connectivity index (χ1v) is 6.37. The topological polar surface area (TPSA) is 42.2 Å². The fourth-order valence-corrected chi connectivity index (χ4v) is 1.99. The van der Waals surface area contributed by atoms with Gasteiger partial charge in [0.1, 0.15) is 5.82 Å². The Labute approximate surface area is 112 Å². The normalized spacial score (nSPS) is 10.5. The summed E-state index contributed by atoms with van der Waals surface area (Å²) in [4.78, 5) is 6.11. The molecule has 19 heavy (non-hydrogen) atoms. The van der Waals surface area contributed by atoms with Crippen molar-refractivity contribution in [1.82, 2.24) is 4.98 Å². The Balaban J connectivity index is 2.20. The van der Waals surface area contributed by atoms with E-state index in [2.05, 4.69) is 16.8 Å². The highest BCUT2D eigenvalue weighted by Crippen LogP contribution is 2.20. The van der Waals surface area contributed by atoms with Gasteiger partial charge >= 0.3 is 0 Å². The zero-order valence-electron chi connectivity index (χ0n) is 11.0. The number of nitrogens with zero attached hydrogens (tertiary/aromatic N) is 2. The maximum Gasteiger partial charge on any atom is 0.129 e. The Morgan fingerprint density at radius 1 is 1.21 bits per heavy atom. The summed E-state index contributed by atoms with van der Waals surface area (Å²) >= 11 is 0. The molecule has 1 aromatic heterocycles. The molecule has 100 valence electrons. The van der Waals surface area contributed by atoms with Crippen molar-refractivity contribution < 1.29 is 4.39 Å². The molecule has 0 aliphatic rings. The monoisotopic (exact) mass is 259 g/mol. The van der Waals surface area contributed by atoms with Crippen molar-refractivity contribution in [2.24, 2.45) is 5.73 Å². The van der Waals surface area contributed by atoms with Crippen LogP contribution in [0.5, 0.6) is 0 Å². The summed E-state index contributed by atoms with van der Waals surface area (Å²) < 4.78 is 13.8. The summed E-state index contributed by atoms with van der Waals surface area (Å²) in [6.45, 7) is 3.82. The van der Waals surface area contributed by atoms with Crippen molar-refractivity contribution in [2.45, 2.75) is 20.0 Å². The Hall–Kier alpha value is -1.94. The molecule has 2 aromatic rings. The van der Waals surface area contributed by atoms with Crippen LogP contribution in [0.3, 0.4) is 0 Å². The lowest BCUT2D eigenvalue weighted by molar-refractivity contribution is 0.609. The van der Waals surface area contributed by atoms with Gasteiger partial charge in [-0.25, -0.2) is 4.39 Å². The van der Waals surface area contributed by atoms with Gasteiger partial charge in [-0.15, -0.1) is 0 Å². The highest BCUT2D eigenvalue weighted by atomic mass is 19.1. The third kappa shape index (κ3) is 3.29. The third-order valence-corrected chi connectivity index (χ3v) is 3.13. The molecule has 0 atom stereocenters. The second-order valence-corrected chi connectivity index (χ2v) is 4.35. The van der Waals surface area contributed by atoms with E-state index in [4.69, 9.17) is 5.73 Å². The lowest BCUT2D eigenvalue weighted by atomic mass is 10.1. The number of hydrogen-bond acceptors (Lipinski definition) is 3. The van der Waals surface area contributed by atoms with Gasteiger partial charge in [0.25, 0.3) is 0 Å². The van der Waals surface area contributed by atoms with Crippen LogP contribution in [-0.4, -0.2) is 11.5 Å². The Kier molecular flexibility index (Phi) is 4.47. The second-order valence-electron chi connectivity index (χ2n) is 4.35. The number of pyridine rings is 1. The first kappa shape index (κ1) is 13.5. The molecule has 0 saturated heterocycles. The SMILES string of the molecule is CCN(Cc1ccncc1)c1ccc(CN)c(F)c1. The van der Waals surface area contributed by atoms with Crippen LogP contribution in [0.25, 0.3) is 0 Å². The van der Waals surface area contributed by atoms with E-state index in [0.29, 0.717) is 5.56 Å². The molecule has 1 aromatic carbocycles. The molecule has 0 fully saturated rings. The van der Waals surface area contributed by atoms with Gasteiger partial charge < -0.3 is 10.6 Å². The van der Waals surface area contributed by atoms with E-state index < -0.39 is 0 Å². The summed E-state index contributed by atoms with van der Waals surface area (Å²) in [5, 5.41) is 0. The number of anilines is 1. The standard InChI is InChI=1S/C15H18FN3/c1-2-19(11-12-5-7-18-8-6-12)14-4-3-13(10-17)15(16)9-14/h3-9H,2,10-11,17H2,1H3. The van der Waals surface area contributed by atoms with Gasteiger partial charge in [0.15, 0.2) is 0 Å². The molecule has 3 nitrogen and oxygen atoms in total. The first-order valence-electron chi connectivity index (χ1n) is 6.37. The van der Waals surface area contributed by atoms with E-state index in [9.17, 15) is 4.39 Å². The number of benzene rings is 1. The summed E-state index contributed by atoms with van der Waals surface area (Å²) in [6.07, 6.45) is 3.53. The van der Waals surface area contributed by atoms with Crippen molar-refractivity contribution in [2.75, 3.05) is 11.4 Å². The van der Waals surface area contributed by atoms with Crippen LogP contribution in [0.15, 0.2) is 42.7 Å². The molecule has 0 aliphatic carbocycles. The maximum absolute atomic E-state index is 13.8. The minimum atomic E-state index is -0.242. The minimum Gasteiger partial charge on any atom is -0.367 e. The summed E-state index contributed by atoms with van der Waals surface area (Å²) in [5.41, 5.74) is 8.04. The van der Waals surface area contributed by atoms with Crippen molar-refractivity contribution in [3.8, 4) is 0 Å². The summed E-state index contributed by atoms with van der Waals surface area (Å²) in [6, 6.07) is 9.14. The van der Waals surface area contributed by atoms with Gasteiger partial charge in [-0.2, -0.15) is 0 Å². The molecule has 0 bridgehead atoms. The van der Waals surface area contributed by atoms with Gasteiger partial charge in [0, 0.05) is 43.3 Å². The van der Waals surface area contributed by atoms with Gasteiger partial charge in [0.05, 0.1) is 0 Å². The Morgan fingerprint density at radius 2 is 1.95 bits per heavy atom. The number of rotatable bonds is 5. The molecular formula is C15H18FN3. The lowest BCUT2D eigenvalue weighted by Crippen LogP contribution is -2.22. The number of halogens is 1. The van der Waals surface area contributed by atoms with Crippen LogP contribution < -0.4 is 10.6 Å². The molecule has 0 amide bonds. The smallest absolute Gasteiger partial charge is 0.129 e. The lowest BCUT2D eigenvalue weighted by Gasteiger charge is -2.23. The molecule has 0 aliphatic heterocycles. The van der Waals surface area contributed by atoms with Gasteiger partial charge in [0.2, 0.25) is 0 Å². The van der Waals surface area contributed by atoms with Crippen LogP contribution in [0, 0.1) is 5.82 Å². The van der Waals surface area contributed by atoms with Gasteiger partial charge in [-0.3, -0.25) is 4.98 Å². The molecule has 4 heteroatoms. The van der Waals surface area contributed by atoms with E-state index in [1.165, 1.54) is 0 Å². The molecule has 2 N–H and O–H groups in total. The number of nitrogens with two attached hydrogens (primary N) is 1. The molecule has 0 unspecified atom stereocenters. The average molecular weight is 259 g/mol. The second kappa shape index (κ2) is 6.29. The van der Waals surface area contributed by atoms with Gasteiger partial charge in [-0.1, -0.05) is 6.07 Å². The molecule has 1 heterocycles. The predicted molar refractivity (Wildman–Crippen MR) is 75.3 cm³/mol. The van der Waals surface area contributed by atoms with Crippen LogP contribution in [0.2, 0.25) is 0 Å². The van der Waals surface area contributed by atoms with E-state index >= 15 is 0 Å². The third-order valence-electron chi connectivity index (χ3n) is 3.13. The first-order chi connectivity index (χ1) is 9.24. The Morgan fingerprint density at radius 3 is 2.53 bits per heavy atom. The zero-order valence-corrected chi connectivity index (χ0v) is 11.0. The van der Waals surface area contributed by atoms with E-state index in [-0.39, 0.29) is 12.4 Å². The van der Waals surface area contributed by atoms with Gasteiger partial charge in [-0.05, 0) is 36.8 Å². The van der Waals surface area contributed by atoms with Crippen LogP contribution in [0.1, 0.15) is 18.1 Å².